The van der Waals surface area contributed by atoms with Gasteiger partial charge in [-0.15, -0.1) is 0 Å². The molecule has 0 heterocycles. The second kappa shape index (κ2) is 8.60. The van der Waals surface area contributed by atoms with Crippen molar-refractivity contribution in [2.75, 3.05) is 33.5 Å². The normalized spacial score (nSPS) is 10.3. The summed E-state index contributed by atoms with van der Waals surface area (Å²) in [5, 5.41) is 0. The van der Waals surface area contributed by atoms with Gasteiger partial charge in [-0.25, -0.2) is 4.39 Å². The molecule has 0 bridgehead atoms. The number of carbonyl (C=O) groups excluding carboxylic acids is 1. The van der Waals surface area contributed by atoms with Crippen molar-refractivity contribution < 1.29 is 23.4 Å². The molecule has 0 saturated carbocycles. The molecule has 18 heavy (non-hydrogen) atoms. The van der Waals surface area contributed by atoms with Gasteiger partial charge in [0.15, 0.2) is 6.29 Å². The Morgan fingerprint density at radius 2 is 2.06 bits per heavy atom. The molecule has 0 amide bonds. The third-order valence-electron chi connectivity index (χ3n) is 2.22. The molecule has 100 valence electrons. The lowest BCUT2D eigenvalue weighted by Crippen LogP contribution is -2.07. The SMILES string of the molecule is COCCOCCCOc1ccc(F)cc1C=O. The average molecular weight is 256 g/mol. The van der Waals surface area contributed by atoms with Crippen molar-refractivity contribution in [1.29, 1.82) is 0 Å². The molecule has 0 aliphatic carbocycles. The largest absolute Gasteiger partial charge is 0.493 e. The van der Waals surface area contributed by atoms with Crippen LogP contribution < -0.4 is 4.74 Å². The van der Waals surface area contributed by atoms with Gasteiger partial charge in [0.1, 0.15) is 11.6 Å². The van der Waals surface area contributed by atoms with Crippen molar-refractivity contribution in [1.82, 2.24) is 0 Å². The Morgan fingerprint density at radius 1 is 1.22 bits per heavy atom. The third kappa shape index (κ3) is 5.25. The quantitative estimate of drug-likeness (QED) is 0.501. The van der Waals surface area contributed by atoms with E-state index in [9.17, 15) is 9.18 Å². The molecule has 0 unspecified atom stereocenters. The Labute approximate surface area is 106 Å². The van der Waals surface area contributed by atoms with Crippen molar-refractivity contribution in [2.45, 2.75) is 6.42 Å². The molecule has 0 radical (unpaired) electrons. The summed E-state index contributed by atoms with van der Waals surface area (Å²) in [5.41, 5.74) is 0.218. The second-order valence-corrected chi connectivity index (χ2v) is 3.61. The Kier molecular flexibility index (Phi) is 6.98. The van der Waals surface area contributed by atoms with Gasteiger partial charge in [-0.05, 0) is 18.2 Å². The summed E-state index contributed by atoms with van der Waals surface area (Å²) in [6.07, 6.45) is 1.27. The van der Waals surface area contributed by atoms with Crippen molar-refractivity contribution >= 4 is 6.29 Å². The van der Waals surface area contributed by atoms with Crippen LogP contribution in [0, 0.1) is 5.82 Å². The van der Waals surface area contributed by atoms with Gasteiger partial charge in [-0.1, -0.05) is 0 Å². The summed E-state index contributed by atoms with van der Waals surface area (Å²) in [6, 6.07) is 3.86. The fourth-order valence-electron chi connectivity index (χ4n) is 1.33. The smallest absolute Gasteiger partial charge is 0.153 e. The van der Waals surface area contributed by atoms with Crippen molar-refractivity contribution in [2.24, 2.45) is 0 Å². The Hall–Kier alpha value is -1.46. The fourth-order valence-corrected chi connectivity index (χ4v) is 1.33. The van der Waals surface area contributed by atoms with Crippen LogP contribution in [0.3, 0.4) is 0 Å². The maximum Gasteiger partial charge on any atom is 0.153 e. The number of ether oxygens (including phenoxy) is 3. The van der Waals surface area contributed by atoms with Crippen LogP contribution in [0.25, 0.3) is 0 Å². The summed E-state index contributed by atoms with van der Waals surface area (Å²) in [7, 11) is 1.61. The lowest BCUT2D eigenvalue weighted by atomic mass is 10.2. The molecule has 0 N–H and O–H groups in total. The molecule has 0 fully saturated rings. The van der Waals surface area contributed by atoms with Crippen molar-refractivity contribution in [3.63, 3.8) is 0 Å². The van der Waals surface area contributed by atoms with Crippen LogP contribution in [0.4, 0.5) is 4.39 Å². The number of halogens is 1. The van der Waals surface area contributed by atoms with Gasteiger partial charge in [0.05, 0.1) is 25.4 Å². The zero-order chi connectivity index (χ0) is 13.2. The topological polar surface area (TPSA) is 44.8 Å². The van der Waals surface area contributed by atoms with E-state index in [1.807, 2.05) is 0 Å². The van der Waals surface area contributed by atoms with Crippen molar-refractivity contribution in [3.05, 3.63) is 29.6 Å². The van der Waals surface area contributed by atoms with Crippen LogP contribution in [0.2, 0.25) is 0 Å². The molecule has 0 aliphatic heterocycles. The van der Waals surface area contributed by atoms with Crippen LogP contribution in [0.15, 0.2) is 18.2 Å². The summed E-state index contributed by atoms with van der Waals surface area (Å²) in [4.78, 5) is 10.7. The number of benzene rings is 1. The minimum Gasteiger partial charge on any atom is -0.493 e. The van der Waals surface area contributed by atoms with Gasteiger partial charge in [0, 0.05) is 20.1 Å². The first-order chi connectivity index (χ1) is 8.77. The van der Waals surface area contributed by atoms with E-state index in [1.54, 1.807) is 7.11 Å². The molecule has 4 nitrogen and oxygen atoms in total. The zero-order valence-electron chi connectivity index (χ0n) is 10.4. The van der Waals surface area contributed by atoms with E-state index in [4.69, 9.17) is 14.2 Å². The summed E-state index contributed by atoms with van der Waals surface area (Å²) >= 11 is 0. The van der Waals surface area contributed by atoms with Crippen LogP contribution in [-0.4, -0.2) is 39.8 Å². The molecule has 5 heteroatoms. The predicted octanol–water partition coefficient (Wildman–Crippen LogP) is 2.07. The minimum absolute atomic E-state index is 0.218. The van der Waals surface area contributed by atoms with Crippen LogP contribution >= 0.6 is 0 Å². The molecule has 1 aromatic rings. The molecule has 0 spiro atoms. The highest BCUT2D eigenvalue weighted by atomic mass is 19.1. The van der Waals surface area contributed by atoms with Gasteiger partial charge < -0.3 is 14.2 Å². The zero-order valence-corrected chi connectivity index (χ0v) is 10.4. The lowest BCUT2D eigenvalue weighted by Gasteiger charge is -2.08. The van der Waals surface area contributed by atoms with E-state index in [2.05, 4.69) is 0 Å². The second-order valence-electron chi connectivity index (χ2n) is 3.61. The Bertz CT molecular complexity index is 368. The molecule has 1 rings (SSSR count). The van der Waals surface area contributed by atoms with E-state index in [1.165, 1.54) is 12.1 Å². The monoisotopic (exact) mass is 256 g/mol. The molecule has 1 aromatic carbocycles. The van der Waals surface area contributed by atoms with Crippen LogP contribution in [0.1, 0.15) is 16.8 Å². The number of carbonyl (C=O) groups is 1. The highest BCUT2D eigenvalue weighted by molar-refractivity contribution is 5.79. The summed E-state index contributed by atoms with van der Waals surface area (Å²) in [6.45, 7) is 2.08. The maximum absolute atomic E-state index is 12.8. The van der Waals surface area contributed by atoms with E-state index >= 15 is 0 Å². The summed E-state index contributed by atoms with van der Waals surface area (Å²) < 4.78 is 28.3. The maximum atomic E-state index is 12.8. The molecular formula is C13H17FO4. The van der Waals surface area contributed by atoms with Gasteiger partial charge in [-0.2, -0.15) is 0 Å². The first kappa shape index (κ1) is 14.6. The molecule has 0 aliphatic rings. The minimum atomic E-state index is -0.452. The number of rotatable bonds is 9. The van der Waals surface area contributed by atoms with Gasteiger partial charge >= 0.3 is 0 Å². The first-order valence-electron chi connectivity index (χ1n) is 5.72. The predicted molar refractivity (Wildman–Crippen MR) is 64.6 cm³/mol. The average Bonchev–Trinajstić information content (AvgIpc) is 2.39. The third-order valence-corrected chi connectivity index (χ3v) is 2.22. The molecule has 0 saturated heterocycles. The Morgan fingerprint density at radius 3 is 2.78 bits per heavy atom. The number of hydrogen-bond donors (Lipinski definition) is 0. The van der Waals surface area contributed by atoms with E-state index in [0.29, 0.717) is 44.9 Å². The number of aldehydes is 1. The fraction of sp³-hybridized carbons (Fsp3) is 0.462. The van der Waals surface area contributed by atoms with Gasteiger partial charge in [0.25, 0.3) is 0 Å². The van der Waals surface area contributed by atoms with E-state index < -0.39 is 5.82 Å². The molecular weight excluding hydrogens is 239 g/mol. The Balaban J connectivity index is 2.25. The first-order valence-corrected chi connectivity index (χ1v) is 5.72. The number of hydrogen-bond acceptors (Lipinski definition) is 4. The van der Waals surface area contributed by atoms with Crippen LogP contribution in [-0.2, 0) is 9.47 Å². The summed E-state index contributed by atoms with van der Waals surface area (Å²) in [5.74, 6) is -0.0596. The van der Waals surface area contributed by atoms with Gasteiger partial charge in [0.2, 0.25) is 0 Å². The highest BCUT2D eigenvalue weighted by Crippen LogP contribution is 2.17. The standard InChI is InChI=1S/C13H17FO4/c1-16-7-8-17-5-2-6-18-13-4-3-12(14)9-11(13)10-15/h3-4,9-10H,2,5-8H2,1H3. The van der Waals surface area contributed by atoms with E-state index in [-0.39, 0.29) is 5.56 Å². The van der Waals surface area contributed by atoms with E-state index in [0.717, 1.165) is 6.07 Å². The number of methoxy groups -OCH3 is 1. The highest BCUT2D eigenvalue weighted by Gasteiger charge is 2.04. The van der Waals surface area contributed by atoms with Gasteiger partial charge in [-0.3, -0.25) is 4.79 Å². The molecule has 0 atom stereocenters. The van der Waals surface area contributed by atoms with Crippen LogP contribution in [0.5, 0.6) is 5.75 Å². The van der Waals surface area contributed by atoms with Crippen molar-refractivity contribution in [3.8, 4) is 5.75 Å². The lowest BCUT2D eigenvalue weighted by molar-refractivity contribution is 0.0644. The molecule has 0 aromatic heterocycles.